The first kappa shape index (κ1) is 63.7. The molecule has 0 aliphatic rings. The number of carboxylic acids is 1. The van der Waals surface area contributed by atoms with Gasteiger partial charge in [-0.15, -0.1) is 15.3 Å². The van der Waals surface area contributed by atoms with E-state index in [1.807, 2.05) is 6.20 Å². The summed E-state index contributed by atoms with van der Waals surface area (Å²) in [6.45, 7) is 14.6. The predicted octanol–water partition coefficient (Wildman–Crippen LogP) is 7.12. The smallest absolute Gasteiger partial charge is 0.326 e. The Morgan fingerprint density at radius 3 is 2.30 bits per heavy atom. The lowest BCUT2D eigenvalue weighted by Crippen LogP contribution is -2.41. The second-order valence-electron chi connectivity index (χ2n) is 19.9. The number of hydrogen-bond donors (Lipinski definition) is 6. The third kappa shape index (κ3) is 17.9. The number of hydrogen-bond acceptors (Lipinski definition) is 23. The number of amides is 1. The van der Waals surface area contributed by atoms with Gasteiger partial charge in [0.1, 0.15) is 28.8 Å². The average Bonchev–Trinajstić information content (AvgIpc) is 1.95. The van der Waals surface area contributed by atoms with E-state index in [-0.39, 0.29) is 93.6 Å². The van der Waals surface area contributed by atoms with Crippen molar-refractivity contribution in [1.82, 2.24) is 70.4 Å². The minimum atomic E-state index is -1.22. The third-order valence-corrected chi connectivity index (χ3v) is 13.9. The van der Waals surface area contributed by atoms with Gasteiger partial charge in [-0.1, -0.05) is 22.9 Å². The lowest BCUT2D eigenvalue weighted by Gasteiger charge is -2.20. The molecule has 2 atom stereocenters. The molecule has 2 aromatic carbocycles. The van der Waals surface area contributed by atoms with Gasteiger partial charge in [0.05, 0.1) is 119 Å². The monoisotopic (exact) mass is 1240 g/mol. The van der Waals surface area contributed by atoms with E-state index in [9.17, 15) is 23.9 Å². The van der Waals surface area contributed by atoms with Gasteiger partial charge in [-0.05, 0) is 81.5 Å². The van der Waals surface area contributed by atoms with Crippen LogP contribution in [0.1, 0.15) is 83.4 Å². The first-order valence-electron chi connectivity index (χ1n) is 28.1. The largest absolute Gasteiger partial charge is 0.480 e. The molecule has 9 aromatic rings. The molecule has 0 fully saturated rings. The first-order chi connectivity index (χ1) is 43.2. The number of unbranched alkanes of at least 4 members (excludes halogenated alkanes) is 2. The van der Waals surface area contributed by atoms with Crippen molar-refractivity contribution >= 4 is 68.7 Å². The van der Waals surface area contributed by atoms with E-state index >= 15 is 4.39 Å². The molecule has 0 aliphatic carbocycles. The van der Waals surface area contributed by atoms with Crippen molar-refractivity contribution in [1.29, 1.82) is 0 Å². The number of ether oxygens (including phenoxy) is 5. The number of carbonyl (C=O) groups is 2. The molecule has 0 aliphatic heterocycles. The summed E-state index contributed by atoms with van der Waals surface area (Å²) in [4.78, 5) is 72.8. The zero-order chi connectivity index (χ0) is 62.7. The van der Waals surface area contributed by atoms with Crippen LogP contribution in [0.2, 0.25) is 5.02 Å². The van der Waals surface area contributed by atoms with Gasteiger partial charge in [-0.2, -0.15) is 4.98 Å². The molecule has 9 rings (SSSR count). The highest BCUT2D eigenvalue weighted by Gasteiger charge is 2.24. The van der Waals surface area contributed by atoms with Crippen LogP contribution in [-0.2, 0) is 56.3 Å². The van der Waals surface area contributed by atoms with E-state index in [1.54, 1.807) is 42.8 Å². The molecule has 1 amide bonds. The van der Waals surface area contributed by atoms with E-state index in [0.29, 0.717) is 106 Å². The fourth-order valence-electron chi connectivity index (χ4n) is 8.81. The number of carbonyl (C=O) groups excluding carboxylic acids is 1. The van der Waals surface area contributed by atoms with Crippen LogP contribution < -0.4 is 32.0 Å². The Kier molecular flexibility index (Phi) is 22.3. The molecule has 7 aromatic heterocycles. The molecule has 0 bridgehead atoms. The summed E-state index contributed by atoms with van der Waals surface area (Å²) >= 11 is 6.69. The number of rotatable bonds is 34. The van der Waals surface area contributed by atoms with Crippen LogP contribution >= 0.6 is 11.6 Å². The summed E-state index contributed by atoms with van der Waals surface area (Å²) in [6.07, 6.45) is 8.97. The maximum atomic E-state index is 15.5. The summed E-state index contributed by atoms with van der Waals surface area (Å²) < 4.78 is 66.0. The van der Waals surface area contributed by atoms with Gasteiger partial charge < -0.3 is 54.9 Å². The van der Waals surface area contributed by atoms with Crippen molar-refractivity contribution in [2.24, 2.45) is 0 Å². The van der Waals surface area contributed by atoms with Gasteiger partial charge in [0.2, 0.25) is 17.7 Å². The van der Waals surface area contributed by atoms with Gasteiger partial charge in [0.15, 0.2) is 22.7 Å². The highest BCUT2D eigenvalue weighted by atomic mass is 35.5. The minimum absolute atomic E-state index is 0.00746. The number of nitrogen functional groups attached to an aromatic ring is 1. The van der Waals surface area contributed by atoms with Gasteiger partial charge >= 0.3 is 12.0 Å². The lowest BCUT2D eigenvalue weighted by atomic mass is 10.1. The van der Waals surface area contributed by atoms with E-state index in [2.05, 4.69) is 81.2 Å². The van der Waals surface area contributed by atoms with Gasteiger partial charge in [0.25, 0.3) is 11.5 Å². The van der Waals surface area contributed by atoms with Gasteiger partial charge in [0, 0.05) is 54.7 Å². The molecule has 0 unspecified atom stereocenters. The number of nitrogens with one attached hydrogen (secondary N) is 4. The Morgan fingerprint density at radius 2 is 1.56 bits per heavy atom. The number of fused-ring (bicyclic) bond motifs is 2. The number of nitrogens with zero attached hydrogens (tertiary/aromatic N) is 13. The Labute approximate surface area is 511 Å². The van der Waals surface area contributed by atoms with Crippen molar-refractivity contribution in [3.05, 3.63) is 152 Å². The van der Waals surface area contributed by atoms with Crippen LogP contribution in [0.3, 0.4) is 0 Å². The van der Waals surface area contributed by atoms with E-state index in [1.165, 1.54) is 42.9 Å². The molecule has 0 saturated carbocycles. The van der Waals surface area contributed by atoms with Crippen LogP contribution in [0.5, 0.6) is 6.01 Å². The summed E-state index contributed by atoms with van der Waals surface area (Å²) in [7, 11) is 0. The molecule has 7 N–H and O–H groups in total. The summed E-state index contributed by atoms with van der Waals surface area (Å²) in [5.41, 5.74) is 9.33. The molecule has 31 heteroatoms. The average molecular weight is 1240 g/mol. The Bertz CT molecular complexity index is 3980. The van der Waals surface area contributed by atoms with Crippen molar-refractivity contribution in [3.63, 3.8) is 0 Å². The standard InChI is InChI=1S/C58H61ClF2N18O10/c1-33(41-25-38(63-3)11-12-42(41)60)69-51-48(59)34(2)68-45-26-43(61)49(72-50(45)51)36-27-66-58(67-28-36)88-17-6-4-5-16-79-31-40(75-78-79)32-87-24-23-86-22-21-85-20-19-84-18-15-47-77-76-46(89-47)14-13-44(56(82)83)71-54(80)35-7-9-37(10-8-35)64-29-39-30-65-53-52(70-39)55(81)74-57(62)73-53/h7-12,25-28,30-31,33,44,64H,4-6,13-24,29,32H2,1-2H3,(H,68,69)(H,71,80)(H,82,83)(H3,62,65,73,74,81)/t33-,44+/m1/s1. The molecule has 7 heterocycles. The zero-order valence-corrected chi connectivity index (χ0v) is 49.0. The number of nitrogens with two attached hydrogens (primary N) is 1. The number of halogens is 3. The Balaban J connectivity index is 0.574. The number of aromatic nitrogens is 13. The zero-order valence-electron chi connectivity index (χ0n) is 48.3. The number of H-pyrrole nitrogens is 1. The highest BCUT2D eigenvalue weighted by Crippen LogP contribution is 2.37. The number of benzene rings is 2. The summed E-state index contributed by atoms with van der Waals surface area (Å²) in [5, 5.41) is 35.3. The van der Waals surface area contributed by atoms with Crippen LogP contribution in [0, 0.1) is 25.1 Å². The summed E-state index contributed by atoms with van der Waals surface area (Å²) in [5.74, 6) is -2.46. The molecular formula is C58H61ClF2N18O10. The van der Waals surface area contributed by atoms with Crippen LogP contribution in [0.15, 0.2) is 82.5 Å². The number of carboxylic acid groups (broad SMARTS) is 1. The molecule has 0 radical (unpaired) electrons. The number of pyridine rings is 2. The van der Waals surface area contributed by atoms with E-state index in [0.717, 1.165) is 19.3 Å². The fraction of sp³-hybridized carbons (Fsp3) is 0.362. The third-order valence-electron chi connectivity index (χ3n) is 13.4. The molecule has 89 heavy (non-hydrogen) atoms. The Morgan fingerprint density at radius 1 is 0.831 bits per heavy atom. The normalized spacial score (nSPS) is 12.0. The molecule has 28 nitrogen and oxygen atoms in total. The molecule has 464 valence electrons. The molecular weight excluding hydrogens is 1180 g/mol. The van der Waals surface area contributed by atoms with Crippen molar-refractivity contribution < 1.29 is 51.6 Å². The molecule has 0 saturated heterocycles. The number of aromatic amines is 1. The highest BCUT2D eigenvalue weighted by molar-refractivity contribution is 6.35. The first-order valence-corrected chi connectivity index (χ1v) is 28.5. The molecule has 0 spiro atoms. The SMILES string of the molecule is [C-]#[N+]c1ccc(F)c([C@@H](C)Nc2c(Cl)c(C)nc3cc(F)c(-c4cnc(OCCCCCn5cc(COCCOCCOCCOCCc6nnc(CC[C@H](NC(=O)c7ccc(NCc8cnc9nc(N)[nH]c(=O)c9n8)cc7)C(=O)O)o6)nn5)nc4)nc23)c1. The van der Waals surface area contributed by atoms with Crippen LogP contribution in [0.25, 0.3) is 38.3 Å². The van der Waals surface area contributed by atoms with Crippen LogP contribution in [0.4, 0.5) is 31.8 Å². The van der Waals surface area contributed by atoms with Crippen molar-refractivity contribution in [2.45, 2.75) is 84.2 Å². The van der Waals surface area contributed by atoms with Crippen LogP contribution in [-0.4, -0.2) is 141 Å². The van der Waals surface area contributed by atoms with Crippen molar-refractivity contribution in [2.75, 3.05) is 69.2 Å². The maximum Gasteiger partial charge on any atom is 0.326 e. The Hall–Kier alpha value is -9.80. The second kappa shape index (κ2) is 31.2. The lowest BCUT2D eigenvalue weighted by molar-refractivity contribution is -0.139. The van der Waals surface area contributed by atoms with Crippen molar-refractivity contribution in [3.8, 4) is 17.3 Å². The number of aryl methyl sites for hydroxylation is 3. The van der Waals surface area contributed by atoms with E-state index < -0.39 is 41.2 Å². The fourth-order valence-corrected chi connectivity index (χ4v) is 8.99. The summed E-state index contributed by atoms with van der Waals surface area (Å²) in [6, 6.07) is 10.0. The quantitative estimate of drug-likeness (QED) is 0.0173. The number of aliphatic carboxylic acids is 1. The van der Waals surface area contributed by atoms with Gasteiger partial charge in [-0.3, -0.25) is 19.3 Å². The maximum absolute atomic E-state index is 15.5. The predicted molar refractivity (Wildman–Crippen MR) is 318 cm³/mol. The van der Waals surface area contributed by atoms with E-state index in [4.69, 9.17) is 52.0 Å². The second-order valence-corrected chi connectivity index (χ2v) is 20.3. The van der Waals surface area contributed by atoms with Gasteiger partial charge in [-0.25, -0.2) is 48.3 Å². The topological polar surface area (TPSA) is 360 Å². The number of anilines is 3. The minimum Gasteiger partial charge on any atom is -0.480 e.